The molecule has 0 spiro atoms. The van der Waals surface area contributed by atoms with E-state index in [0.29, 0.717) is 44.3 Å². The van der Waals surface area contributed by atoms with Crippen molar-refractivity contribution in [3.8, 4) is 17.2 Å². The molecule has 0 saturated carbocycles. The van der Waals surface area contributed by atoms with Gasteiger partial charge in [-0.05, 0) is 94.6 Å². The third kappa shape index (κ3) is 10.7. The minimum atomic E-state index is 0.0795. The highest BCUT2D eigenvalue weighted by Gasteiger charge is 2.13. The van der Waals surface area contributed by atoms with Crippen LogP contribution in [0.3, 0.4) is 0 Å². The Morgan fingerprint density at radius 3 is 1.72 bits per heavy atom. The highest BCUT2D eigenvalue weighted by molar-refractivity contribution is 5.84. The molecule has 0 radical (unpaired) electrons. The fraction of sp³-hybridized carbons (Fsp3) is 0.244. The van der Waals surface area contributed by atoms with E-state index in [1.807, 2.05) is 42.5 Å². The zero-order valence-corrected chi connectivity index (χ0v) is 28.8. The number of rotatable bonds is 19. The Morgan fingerprint density at radius 2 is 1.04 bits per heavy atom. The Balaban J connectivity index is 1.06. The first kappa shape index (κ1) is 34.8. The molecule has 5 heteroatoms. The molecule has 0 aromatic heterocycles. The zero-order valence-electron chi connectivity index (χ0n) is 28.8. The fourth-order valence-corrected chi connectivity index (χ4v) is 6.13. The molecule has 0 unspecified atom stereocenters. The van der Waals surface area contributed by atoms with E-state index in [2.05, 4.69) is 108 Å². The summed E-state index contributed by atoms with van der Waals surface area (Å²) in [6.07, 6.45) is 4.51. The first-order valence-corrected chi connectivity index (χ1v) is 17.7. The average molecular weight is 666 g/mol. The van der Waals surface area contributed by atoms with Gasteiger partial charge in [0.25, 0.3) is 0 Å². The van der Waals surface area contributed by atoms with Crippen molar-refractivity contribution in [2.24, 2.45) is 0 Å². The first-order chi connectivity index (χ1) is 24.7. The molecular weight excluding hydrogens is 618 g/mol. The summed E-state index contributed by atoms with van der Waals surface area (Å²) < 4.78 is 18.7. The predicted octanol–water partition coefficient (Wildman–Crippen LogP) is 9.78. The molecule has 6 rings (SSSR count). The van der Waals surface area contributed by atoms with Crippen LogP contribution in [0.25, 0.3) is 10.8 Å². The number of ether oxygens (including phenoxy) is 3. The van der Waals surface area contributed by atoms with Crippen LogP contribution in [0.4, 0.5) is 0 Å². The summed E-state index contributed by atoms with van der Waals surface area (Å²) in [6.45, 7) is 3.66. The summed E-state index contributed by atoms with van der Waals surface area (Å²) in [6, 6.07) is 50.1. The van der Waals surface area contributed by atoms with Gasteiger partial charge in [-0.15, -0.1) is 0 Å². The minimum Gasteiger partial charge on any atom is -0.494 e. The second kappa shape index (κ2) is 18.6. The van der Waals surface area contributed by atoms with E-state index in [4.69, 9.17) is 14.2 Å². The summed E-state index contributed by atoms with van der Waals surface area (Å²) in [7, 11) is 0. The van der Waals surface area contributed by atoms with E-state index in [-0.39, 0.29) is 6.61 Å². The number of aliphatic hydroxyl groups is 1. The lowest BCUT2D eigenvalue weighted by molar-refractivity contribution is 0.184. The second-order valence-corrected chi connectivity index (χ2v) is 12.8. The predicted molar refractivity (Wildman–Crippen MR) is 203 cm³/mol. The van der Waals surface area contributed by atoms with Crippen molar-refractivity contribution >= 4 is 10.8 Å². The van der Waals surface area contributed by atoms with Crippen LogP contribution in [0, 0.1) is 0 Å². The number of aryl methyl sites for hydroxylation is 1. The van der Waals surface area contributed by atoms with Gasteiger partial charge in [0.15, 0.2) is 11.5 Å². The lowest BCUT2D eigenvalue weighted by Crippen LogP contribution is -2.26. The minimum absolute atomic E-state index is 0.0795. The molecule has 0 aliphatic rings. The van der Waals surface area contributed by atoms with Crippen molar-refractivity contribution in [3.05, 3.63) is 173 Å². The second-order valence-electron chi connectivity index (χ2n) is 12.8. The van der Waals surface area contributed by atoms with E-state index >= 15 is 0 Å². The molecule has 0 saturated heterocycles. The topological polar surface area (TPSA) is 51.2 Å². The van der Waals surface area contributed by atoms with Gasteiger partial charge in [0, 0.05) is 19.6 Å². The molecule has 6 aromatic rings. The van der Waals surface area contributed by atoms with Gasteiger partial charge < -0.3 is 19.3 Å². The molecule has 0 amide bonds. The third-order valence-electron chi connectivity index (χ3n) is 8.81. The smallest absolute Gasteiger partial charge is 0.162 e. The van der Waals surface area contributed by atoms with E-state index in [0.717, 1.165) is 53.7 Å². The highest BCUT2D eigenvalue weighted by Crippen LogP contribution is 2.31. The van der Waals surface area contributed by atoms with Gasteiger partial charge in [0.05, 0.1) is 13.2 Å². The number of fused-ring (bicyclic) bond motifs is 1. The van der Waals surface area contributed by atoms with Crippen molar-refractivity contribution < 1.29 is 19.3 Å². The monoisotopic (exact) mass is 665 g/mol. The van der Waals surface area contributed by atoms with E-state index < -0.39 is 0 Å². The summed E-state index contributed by atoms with van der Waals surface area (Å²) in [4.78, 5) is 2.26. The van der Waals surface area contributed by atoms with Crippen LogP contribution in [0.5, 0.6) is 17.2 Å². The average Bonchev–Trinajstić information content (AvgIpc) is 3.16. The lowest BCUT2D eigenvalue weighted by atomic mass is 10.1. The van der Waals surface area contributed by atoms with E-state index in [1.54, 1.807) is 0 Å². The Bertz CT molecular complexity index is 1880. The normalized spacial score (nSPS) is 11.2. The molecular formula is C45H47NO4. The van der Waals surface area contributed by atoms with Crippen molar-refractivity contribution in [1.29, 1.82) is 0 Å². The molecule has 0 fully saturated rings. The Labute approximate surface area is 296 Å². The van der Waals surface area contributed by atoms with Gasteiger partial charge in [-0.3, -0.25) is 4.90 Å². The van der Waals surface area contributed by atoms with Crippen LogP contribution in [0.15, 0.2) is 146 Å². The maximum Gasteiger partial charge on any atom is 0.162 e. The molecule has 0 heterocycles. The first-order valence-electron chi connectivity index (χ1n) is 17.7. The zero-order chi connectivity index (χ0) is 34.2. The van der Waals surface area contributed by atoms with Gasteiger partial charge >= 0.3 is 0 Å². The highest BCUT2D eigenvalue weighted by atomic mass is 16.5. The molecule has 0 bridgehead atoms. The molecule has 50 heavy (non-hydrogen) atoms. The number of hydrogen-bond donors (Lipinski definition) is 1. The SMILES string of the molecule is OCCN(Cc1ccc(OCc2ccccc2)c(OCc2ccccc2)c1)Cc1ccc2cc(OCCCCCc3ccccc3)ccc2c1. The Hall–Kier alpha value is -5.10. The summed E-state index contributed by atoms with van der Waals surface area (Å²) in [5, 5.41) is 12.3. The standard InChI is InChI=1S/C45H47NO4/c47-27-26-46(32-39-20-22-42-31-43(24-23-41(42)29-39)48-28-12-4-11-15-36-13-5-1-6-14-36)33-40-21-25-44(49-34-37-16-7-2-8-17-37)45(30-40)50-35-38-18-9-3-10-19-38/h1-3,5-10,13-14,16-25,29-31,47H,4,11-12,15,26-28,32-35H2. The maximum absolute atomic E-state index is 9.95. The Morgan fingerprint density at radius 1 is 0.460 bits per heavy atom. The van der Waals surface area contributed by atoms with Crippen molar-refractivity contribution in [1.82, 2.24) is 4.90 Å². The third-order valence-corrected chi connectivity index (χ3v) is 8.81. The number of benzene rings is 6. The van der Waals surface area contributed by atoms with E-state index in [9.17, 15) is 5.11 Å². The molecule has 0 atom stereocenters. The van der Waals surface area contributed by atoms with Gasteiger partial charge in [-0.2, -0.15) is 0 Å². The lowest BCUT2D eigenvalue weighted by Gasteiger charge is -2.23. The van der Waals surface area contributed by atoms with Gasteiger partial charge in [0.2, 0.25) is 0 Å². The van der Waals surface area contributed by atoms with E-state index in [1.165, 1.54) is 22.9 Å². The molecule has 0 aliphatic carbocycles. The van der Waals surface area contributed by atoms with Crippen molar-refractivity contribution in [3.63, 3.8) is 0 Å². The van der Waals surface area contributed by atoms with Crippen LogP contribution in [-0.4, -0.2) is 29.8 Å². The molecule has 256 valence electrons. The van der Waals surface area contributed by atoms with Crippen molar-refractivity contribution in [2.75, 3.05) is 19.8 Å². The van der Waals surface area contributed by atoms with Gasteiger partial charge in [0.1, 0.15) is 19.0 Å². The fourth-order valence-electron chi connectivity index (χ4n) is 6.13. The van der Waals surface area contributed by atoms with Crippen LogP contribution in [0.2, 0.25) is 0 Å². The van der Waals surface area contributed by atoms with Crippen LogP contribution in [0.1, 0.15) is 47.1 Å². The molecule has 6 aromatic carbocycles. The quantitative estimate of drug-likeness (QED) is 0.0874. The van der Waals surface area contributed by atoms with Crippen LogP contribution >= 0.6 is 0 Å². The maximum atomic E-state index is 9.95. The number of hydrogen-bond acceptors (Lipinski definition) is 5. The summed E-state index contributed by atoms with van der Waals surface area (Å²) in [5.41, 5.74) is 5.89. The Kier molecular flexibility index (Phi) is 12.9. The molecule has 5 nitrogen and oxygen atoms in total. The number of aliphatic hydroxyl groups excluding tert-OH is 1. The summed E-state index contributed by atoms with van der Waals surface area (Å²) >= 11 is 0. The van der Waals surface area contributed by atoms with Gasteiger partial charge in [-0.1, -0.05) is 115 Å². The number of unbranched alkanes of at least 4 members (excludes halogenated alkanes) is 2. The van der Waals surface area contributed by atoms with Crippen LogP contribution < -0.4 is 14.2 Å². The molecule has 1 N–H and O–H groups in total. The van der Waals surface area contributed by atoms with Gasteiger partial charge in [-0.25, -0.2) is 0 Å². The summed E-state index contributed by atoms with van der Waals surface area (Å²) in [5.74, 6) is 2.34. The van der Waals surface area contributed by atoms with Crippen LogP contribution in [-0.2, 0) is 32.7 Å². The van der Waals surface area contributed by atoms with Crippen molar-refractivity contribution in [2.45, 2.75) is 52.0 Å². The number of nitrogens with zero attached hydrogens (tertiary/aromatic N) is 1. The largest absolute Gasteiger partial charge is 0.494 e. The molecule has 0 aliphatic heterocycles.